The SMILES string of the molecule is COCc1c(CN=O)ncc2[nH]c3cccc(Cc4ccccc4Cl)c3c12. The first kappa shape index (κ1) is 17.6. The Morgan fingerprint density at radius 3 is 2.67 bits per heavy atom. The Kier molecular flexibility index (Phi) is 4.88. The highest BCUT2D eigenvalue weighted by atomic mass is 35.5. The average Bonchev–Trinajstić information content (AvgIpc) is 3.05. The molecule has 0 unspecified atom stereocenters. The van der Waals surface area contributed by atoms with E-state index in [0.29, 0.717) is 18.7 Å². The van der Waals surface area contributed by atoms with Gasteiger partial charge in [0.15, 0.2) is 0 Å². The number of halogens is 1. The predicted octanol–water partition coefficient (Wildman–Crippen LogP) is 5.37. The lowest BCUT2D eigenvalue weighted by atomic mass is 9.97. The number of pyridine rings is 1. The summed E-state index contributed by atoms with van der Waals surface area (Å²) < 4.78 is 5.40. The molecule has 2 heterocycles. The Morgan fingerprint density at radius 2 is 1.89 bits per heavy atom. The summed E-state index contributed by atoms with van der Waals surface area (Å²) in [5.41, 5.74) is 5.70. The smallest absolute Gasteiger partial charge is 0.124 e. The van der Waals surface area contributed by atoms with E-state index in [9.17, 15) is 4.91 Å². The quantitative estimate of drug-likeness (QED) is 0.458. The summed E-state index contributed by atoms with van der Waals surface area (Å²) in [5, 5.41) is 5.91. The summed E-state index contributed by atoms with van der Waals surface area (Å²) in [6.07, 6.45) is 2.47. The van der Waals surface area contributed by atoms with Crippen molar-refractivity contribution < 1.29 is 4.74 Å². The van der Waals surface area contributed by atoms with Gasteiger partial charge < -0.3 is 9.72 Å². The fourth-order valence-corrected chi connectivity index (χ4v) is 3.81. The number of methoxy groups -OCH3 is 1. The molecule has 0 amide bonds. The van der Waals surface area contributed by atoms with Crippen molar-refractivity contribution in [3.05, 3.63) is 81.0 Å². The molecular weight excluding hydrogens is 362 g/mol. The molecule has 2 aromatic heterocycles. The number of aromatic nitrogens is 2. The zero-order valence-electron chi connectivity index (χ0n) is 14.8. The molecule has 5 nitrogen and oxygen atoms in total. The standard InChI is InChI=1S/C21H18ClN3O2/c1-27-12-15-18(11-24-26)23-10-19-21(15)20-14(6-4-8-17(20)25-19)9-13-5-2-3-7-16(13)22/h2-8,10,25H,9,11-12H2,1H3. The van der Waals surface area contributed by atoms with Crippen LogP contribution in [-0.4, -0.2) is 17.1 Å². The van der Waals surface area contributed by atoms with Gasteiger partial charge in [0.1, 0.15) is 6.54 Å². The first-order chi connectivity index (χ1) is 13.2. The molecule has 6 heteroatoms. The molecule has 0 atom stereocenters. The second-order valence-electron chi connectivity index (χ2n) is 6.43. The van der Waals surface area contributed by atoms with Crippen molar-refractivity contribution in [3.8, 4) is 0 Å². The lowest BCUT2D eigenvalue weighted by molar-refractivity contribution is 0.185. The highest BCUT2D eigenvalue weighted by Crippen LogP contribution is 2.34. The van der Waals surface area contributed by atoms with Crippen molar-refractivity contribution in [2.24, 2.45) is 5.18 Å². The number of H-pyrrole nitrogens is 1. The van der Waals surface area contributed by atoms with Crippen LogP contribution in [0.1, 0.15) is 22.4 Å². The van der Waals surface area contributed by atoms with Gasteiger partial charge in [0.25, 0.3) is 0 Å². The minimum atomic E-state index is 0.0218. The van der Waals surface area contributed by atoms with E-state index in [1.807, 2.05) is 36.4 Å². The molecule has 0 saturated heterocycles. The van der Waals surface area contributed by atoms with E-state index in [1.165, 1.54) is 0 Å². The highest BCUT2D eigenvalue weighted by Gasteiger charge is 2.17. The number of hydrogen-bond donors (Lipinski definition) is 1. The van der Waals surface area contributed by atoms with Crippen LogP contribution in [0.25, 0.3) is 21.8 Å². The van der Waals surface area contributed by atoms with Gasteiger partial charge in [0.2, 0.25) is 0 Å². The van der Waals surface area contributed by atoms with Gasteiger partial charge in [0.05, 0.1) is 24.0 Å². The monoisotopic (exact) mass is 379 g/mol. The minimum absolute atomic E-state index is 0.0218. The molecule has 0 spiro atoms. The van der Waals surface area contributed by atoms with Gasteiger partial charge in [-0.3, -0.25) is 4.98 Å². The molecule has 0 aliphatic rings. The zero-order valence-corrected chi connectivity index (χ0v) is 15.6. The van der Waals surface area contributed by atoms with Crippen LogP contribution in [0.2, 0.25) is 5.02 Å². The number of nitrogens with zero attached hydrogens (tertiary/aromatic N) is 2. The number of aromatic amines is 1. The van der Waals surface area contributed by atoms with Gasteiger partial charge in [-0.15, -0.1) is 0 Å². The van der Waals surface area contributed by atoms with Crippen LogP contribution in [0.15, 0.2) is 53.8 Å². The van der Waals surface area contributed by atoms with Crippen molar-refractivity contribution in [1.82, 2.24) is 9.97 Å². The van der Waals surface area contributed by atoms with E-state index in [-0.39, 0.29) is 6.54 Å². The van der Waals surface area contributed by atoms with Crippen LogP contribution in [0, 0.1) is 4.91 Å². The van der Waals surface area contributed by atoms with Crippen molar-refractivity contribution >= 4 is 33.4 Å². The molecule has 4 aromatic rings. The molecule has 0 bridgehead atoms. The van der Waals surface area contributed by atoms with Gasteiger partial charge in [0, 0.05) is 34.0 Å². The number of hydrogen-bond acceptors (Lipinski definition) is 4. The fourth-order valence-electron chi connectivity index (χ4n) is 3.61. The van der Waals surface area contributed by atoms with E-state index in [0.717, 1.165) is 43.5 Å². The molecule has 0 aliphatic heterocycles. The number of ether oxygens (including phenoxy) is 1. The molecule has 0 aliphatic carbocycles. The number of fused-ring (bicyclic) bond motifs is 3. The maximum Gasteiger partial charge on any atom is 0.124 e. The molecular formula is C21H18ClN3O2. The second kappa shape index (κ2) is 7.47. The minimum Gasteiger partial charge on any atom is -0.380 e. The maximum atomic E-state index is 10.9. The Labute approximate surface area is 161 Å². The summed E-state index contributed by atoms with van der Waals surface area (Å²) in [6.45, 7) is 0.385. The molecule has 0 saturated carbocycles. The lowest BCUT2D eigenvalue weighted by Crippen LogP contribution is -2.00. The second-order valence-corrected chi connectivity index (χ2v) is 6.83. The van der Waals surface area contributed by atoms with Crippen LogP contribution < -0.4 is 0 Å². The largest absolute Gasteiger partial charge is 0.380 e. The van der Waals surface area contributed by atoms with Gasteiger partial charge in [-0.2, -0.15) is 4.91 Å². The van der Waals surface area contributed by atoms with Crippen LogP contribution in [0.3, 0.4) is 0 Å². The van der Waals surface area contributed by atoms with Crippen LogP contribution in [-0.2, 0) is 24.3 Å². The normalized spacial score (nSPS) is 11.3. The highest BCUT2D eigenvalue weighted by molar-refractivity contribution is 6.31. The summed E-state index contributed by atoms with van der Waals surface area (Å²) >= 11 is 6.38. The lowest BCUT2D eigenvalue weighted by Gasteiger charge is -2.10. The fraction of sp³-hybridized carbons (Fsp3) is 0.190. The van der Waals surface area contributed by atoms with Crippen LogP contribution in [0.5, 0.6) is 0 Å². The number of rotatable bonds is 6. The summed E-state index contributed by atoms with van der Waals surface area (Å²) in [6, 6.07) is 14.0. The Bertz CT molecular complexity index is 1140. The van der Waals surface area contributed by atoms with Gasteiger partial charge in [-0.25, -0.2) is 0 Å². The van der Waals surface area contributed by atoms with E-state index in [2.05, 4.69) is 21.2 Å². The Morgan fingerprint density at radius 1 is 1.07 bits per heavy atom. The summed E-state index contributed by atoms with van der Waals surface area (Å²) in [5.74, 6) is 0. The average molecular weight is 380 g/mol. The first-order valence-electron chi connectivity index (χ1n) is 8.64. The van der Waals surface area contributed by atoms with Crippen molar-refractivity contribution in [1.29, 1.82) is 0 Å². The first-order valence-corrected chi connectivity index (χ1v) is 9.02. The molecule has 4 rings (SSSR count). The molecule has 0 fully saturated rings. The Balaban J connectivity index is 1.99. The molecule has 1 N–H and O–H groups in total. The van der Waals surface area contributed by atoms with Gasteiger partial charge in [-0.05, 0) is 29.7 Å². The molecule has 0 radical (unpaired) electrons. The number of benzene rings is 2. The van der Waals surface area contributed by atoms with Gasteiger partial charge in [-0.1, -0.05) is 47.1 Å². The van der Waals surface area contributed by atoms with E-state index >= 15 is 0 Å². The van der Waals surface area contributed by atoms with Gasteiger partial charge >= 0.3 is 0 Å². The summed E-state index contributed by atoms with van der Waals surface area (Å²) in [4.78, 5) is 18.7. The summed E-state index contributed by atoms with van der Waals surface area (Å²) in [7, 11) is 1.64. The number of nitrogens with one attached hydrogen (secondary N) is 1. The topological polar surface area (TPSA) is 67.3 Å². The predicted molar refractivity (Wildman–Crippen MR) is 108 cm³/mol. The molecule has 27 heavy (non-hydrogen) atoms. The van der Waals surface area contributed by atoms with E-state index < -0.39 is 0 Å². The van der Waals surface area contributed by atoms with Crippen molar-refractivity contribution in [3.63, 3.8) is 0 Å². The van der Waals surface area contributed by atoms with Crippen LogP contribution >= 0.6 is 11.6 Å². The third-order valence-electron chi connectivity index (χ3n) is 4.78. The molecule has 2 aromatic carbocycles. The van der Waals surface area contributed by atoms with Crippen molar-refractivity contribution in [2.45, 2.75) is 19.6 Å². The van der Waals surface area contributed by atoms with Crippen molar-refractivity contribution in [2.75, 3.05) is 7.11 Å². The third kappa shape index (κ3) is 3.20. The molecule has 136 valence electrons. The maximum absolute atomic E-state index is 10.9. The zero-order chi connectivity index (χ0) is 18.8. The third-order valence-corrected chi connectivity index (χ3v) is 5.15. The van der Waals surface area contributed by atoms with E-state index in [4.69, 9.17) is 16.3 Å². The number of nitroso groups, excluding NO2 is 1. The van der Waals surface area contributed by atoms with Crippen LogP contribution in [0.4, 0.5) is 0 Å². The Hall–Kier alpha value is -2.76. The van der Waals surface area contributed by atoms with E-state index in [1.54, 1.807) is 13.3 Å².